The number of hydrogen-bond acceptors (Lipinski definition) is 3. The third-order valence-corrected chi connectivity index (χ3v) is 5.30. The van der Waals surface area contributed by atoms with Gasteiger partial charge in [-0.3, -0.25) is 9.69 Å². The summed E-state index contributed by atoms with van der Waals surface area (Å²) in [6.07, 6.45) is 2.01. The lowest BCUT2D eigenvalue weighted by Gasteiger charge is -2.17. The normalized spacial score (nSPS) is 15.5. The summed E-state index contributed by atoms with van der Waals surface area (Å²) in [5, 5.41) is 3.65. The molecule has 0 saturated carbocycles. The van der Waals surface area contributed by atoms with Crippen molar-refractivity contribution in [1.29, 1.82) is 0 Å². The Bertz CT molecular complexity index is 788. The Hall–Kier alpha value is -2.04. The predicted molar refractivity (Wildman–Crippen MR) is 109 cm³/mol. The quantitative estimate of drug-likeness (QED) is 0.770. The molecule has 27 heavy (non-hydrogen) atoms. The number of nitrogens with zero attached hydrogens (tertiary/aromatic N) is 1. The van der Waals surface area contributed by atoms with E-state index in [1.807, 2.05) is 19.1 Å². The van der Waals surface area contributed by atoms with Crippen LogP contribution in [-0.2, 0) is 17.9 Å². The molecule has 1 atom stereocenters. The molecule has 2 aromatic rings. The van der Waals surface area contributed by atoms with Crippen molar-refractivity contribution < 1.29 is 9.53 Å². The van der Waals surface area contributed by atoms with Crippen LogP contribution in [0.4, 0.5) is 0 Å². The fraction of sp³-hybridized carbons (Fsp3) is 0.409. The Balaban J connectivity index is 1.51. The summed E-state index contributed by atoms with van der Waals surface area (Å²) in [5.74, 6) is 0.514. The molecule has 1 aliphatic heterocycles. The summed E-state index contributed by atoms with van der Waals surface area (Å²) < 4.78 is 5.74. The van der Waals surface area contributed by atoms with Crippen LogP contribution < -0.4 is 10.1 Å². The van der Waals surface area contributed by atoms with Gasteiger partial charge in [-0.15, -0.1) is 0 Å². The number of likely N-dealkylation sites (tertiary alicyclic amines) is 1. The molecule has 1 aliphatic rings. The molecule has 0 unspecified atom stereocenters. The minimum Gasteiger partial charge on any atom is -0.481 e. The highest BCUT2D eigenvalue weighted by molar-refractivity contribution is 6.31. The van der Waals surface area contributed by atoms with Crippen LogP contribution in [0.2, 0.25) is 5.02 Å². The number of amides is 1. The van der Waals surface area contributed by atoms with Gasteiger partial charge in [0.2, 0.25) is 0 Å². The SMILES string of the molecule is Cc1cc(O[C@@H](C)C(=O)NCc2cccc(CN3CCCC3)c2)ccc1Cl. The number of carbonyl (C=O) groups excluding carboxylic acids is 1. The van der Waals surface area contributed by atoms with Crippen molar-refractivity contribution in [3.05, 3.63) is 64.2 Å². The smallest absolute Gasteiger partial charge is 0.261 e. The van der Waals surface area contributed by atoms with Gasteiger partial charge in [-0.05, 0) is 74.7 Å². The molecule has 1 amide bonds. The van der Waals surface area contributed by atoms with Gasteiger partial charge >= 0.3 is 0 Å². The first-order chi connectivity index (χ1) is 13.0. The van der Waals surface area contributed by atoms with Gasteiger partial charge in [0.15, 0.2) is 6.10 Å². The van der Waals surface area contributed by atoms with Crippen molar-refractivity contribution in [2.45, 2.75) is 45.9 Å². The van der Waals surface area contributed by atoms with E-state index in [0.717, 1.165) is 17.7 Å². The van der Waals surface area contributed by atoms with Crippen LogP contribution in [0, 0.1) is 6.92 Å². The standard InChI is InChI=1S/C22H27ClN2O2/c1-16-12-20(8-9-21(16)23)27-17(2)22(26)24-14-18-6-5-7-19(13-18)15-25-10-3-4-11-25/h5-9,12-13,17H,3-4,10-11,14-15H2,1-2H3,(H,24,26)/t17-/m0/s1. The van der Waals surface area contributed by atoms with Crippen LogP contribution in [0.25, 0.3) is 0 Å². The van der Waals surface area contributed by atoms with Crippen molar-refractivity contribution in [3.63, 3.8) is 0 Å². The Morgan fingerprint density at radius 2 is 1.93 bits per heavy atom. The number of aryl methyl sites for hydroxylation is 1. The summed E-state index contributed by atoms with van der Waals surface area (Å²) in [5.41, 5.74) is 3.33. The summed E-state index contributed by atoms with van der Waals surface area (Å²) in [6.45, 7) is 7.51. The van der Waals surface area contributed by atoms with Crippen LogP contribution in [0.1, 0.15) is 36.5 Å². The number of halogens is 1. The van der Waals surface area contributed by atoms with Gasteiger partial charge in [-0.2, -0.15) is 0 Å². The molecule has 0 aromatic heterocycles. The lowest BCUT2D eigenvalue weighted by molar-refractivity contribution is -0.127. The van der Waals surface area contributed by atoms with E-state index in [9.17, 15) is 4.79 Å². The second kappa shape index (κ2) is 9.25. The first kappa shape index (κ1) is 19.7. The Morgan fingerprint density at radius 1 is 1.19 bits per heavy atom. The molecular weight excluding hydrogens is 360 g/mol. The first-order valence-electron chi connectivity index (χ1n) is 9.52. The van der Waals surface area contributed by atoms with E-state index in [1.165, 1.54) is 31.5 Å². The number of carbonyl (C=O) groups is 1. The maximum atomic E-state index is 12.4. The molecule has 2 aromatic carbocycles. The fourth-order valence-corrected chi connectivity index (χ4v) is 3.44. The van der Waals surface area contributed by atoms with E-state index in [4.69, 9.17) is 16.3 Å². The van der Waals surface area contributed by atoms with E-state index in [2.05, 4.69) is 28.4 Å². The molecule has 0 radical (unpaired) electrons. The minimum absolute atomic E-state index is 0.132. The third kappa shape index (κ3) is 5.72. The minimum atomic E-state index is -0.571. The van der Waals surface area contributed by atoms with E-state index in [1.54, 1.807) is 19.1 Å². The number of ether oxygens (including phenoxy) is 1. The second-order valence-corrected chi connectivity index (χ2v) is 7.60. The van der Waals surface area contributed by atoms with Crippen molar-refractivity contribution in [2.24, 2.45) is 0 Å². The molecule has 0 bridgehead atoms. The van der Waals surface area contributed by atoms with Gasteiger partial charge in [0.1, 0.15) is 5.75 Å². The fourth-order valence-electron chi connectivity index (χ4n) is 3.32. The monoisotopic (exact) mass is 386 g/mol. The summed E-state index contributed by atoms with van der Waals surface area (Å²) in [6, 6.07) is 13.8. The number of hydrogen-bond donors (Lipinski definition) is 1. The molecule has 0 aliphatic carbocycles. The maximum Gasteiger partial charge on any atom is 0.261 e. The van der Waals surface area contributed by atoms with Gasteiger partial charge < -0.3 is 10.1 Å². The van der Waals surface area contributed by atoms with Crippen molar-refractivity contribution in [2.75, 3.05) is 13.1 Å². The van der Waals surface area contributed by atoms with Gasteiger partial charge in [0.25, 0.3) is 5.91 Å². The average molecular weight is 387 g/mol. The van der Waals surface area contributed by atoms with E-state index >= 15 is 0 Å². The van der Waals surface area contributed by atoms with Crippen molar-refractivity contribution in [3.8, 4) is 5.75 Å². The lowest BCUT2D eigenvalue weighted by Crippen LogP contribution is -2.35. The Kier molecular flexibility index (Phi) is 6.75. The molecule has 1 fully saturated rings. The van der Waals surface area contributed by atoms with E-state index < -0.39 is 6.10 Å². The highest BCUT2D eigenvalue weighted by Crippen LogP contribution is 2.22. The maximum absolute atomic E-state index is 12.4. The van der Waals surface area contributed by atoms with Crippen LogP contribution in [0.15, 0.2) is 42.5 Å². The summed E-state index contributed by atoms with van der Waals surface area (Å²) in [4.78, 5) is 14.8. The van der Waals surface area contributed by atoms with Crippen LogP contribution >= 0.6 is 11.6 Å². The molecular formula is C22H27ClN2O2. The zero-order chi connectivity index (χ0) is 19.2. The predicted octanol–water partition coefficient (Wildman–Crippen LogP) is 4.33. The number of rotatable bonds is 7. The zero-order valence-electron chi connectivity index (χ0n) is 16.0. The molecule has 3 rings (SSSR count). The van der Waals surface area contributed by atoms with E-state index in [-0.39, 0.29) is 5.91 Å². The van der Waals surface area contributed by atoms with Crippen LogP contribution in [-0.4, -0.2) is 30.0 Å². The molecule has 5 heteroatoms. The van der Waals surface area contributed by atoms with Crippen molar-refractivity contribution in [1.82, 2.24) is 10.2 Å². The summed E-state index contributed by atoms with van der Waals surface area (Å²) >= 11 is 6.03. The molecule has 0 spiro atoms. The molecule has 1 heterocycles. The summed E-state index contributed by atoms with van der Waals surface area (Å²) in [7, 11) is 0. The highest BCUT2D eigenvalue weighted by Gasteiger charge is 2.15. The van der Waals surface area contributed by atoms with Gasteiger partial charge in [0.05, 0.1) is 0 Å². The highest BCUT2D eigenvalue weighted by atomic mass is 35.5. The molecule has 1 saturated heterocycles. The topological polar surface area (TPSA) is 41.6 Å². The van der Waals surface area contributed by atoms with Crippen molar-refractivity contribution >= 4 is 17.5 Å². The third-order valence-electron chi connectivity index (χ3n) is 4.87. The zero-order valence-corrected chi connectivity index (χ0v) is 16.8. The van der Waals surface area contributed by atoms with Gasteiger partial charge in [-0.1, -0.05) is 35.9 Å². The molecule has 1 N–H and O–H groups in total. The Labute approximate surface area is 166 Å². The van der Waals surface area contributed by atoms with E-state index in [0.29, 0.717) is 17.3 Å². The van der Waals surface area contributed by atoms with Gasteiger partial charge in [0, 0.05) is 18.1 Å². The molecule has 4 nitrogen and oxygen atoms in total. The number of benzene rings is 2. The number of nitrogens with one attached hydrogen (secondary N) is 1. The molecule has 144 valence electrons. The largest absolute Gasteiger partial charge is 0.481 e. The Morgan fingerprint density at radius 3 is 2.67 bits per heavy atom. The van der Waals surface area contributed by atoms with Crippen LogP contribution in [0.5, 0.6) is 5.75 Å². The second-order valence-electron chi connectivity index (χ2n) is 7.19. The lowest BCUT2D eigenvalue weighted by atomic mass is 10.1. The average Bonchev–Trinajstić information content (AvgIpc) is 3.16. The van der Waals surface area contributed by atoms with Gasteiger partial charge in [-0.25, -0.2) is 0 Å². The van der Waals surface area contributed by atoms with Crippen LogP contribution in [0.3, 0.4) is 0 Å². The first-order valence-corrected chi connectivity index (χ1v) is 9.90.